The molecule has 0 N–H and O–H groups in total. The van der Waals surface area contributed by atoms with Crippen molar-refractivity contribution in [3.63, 3.8) is 0 Å². The maximum atomic E-state index is 12.4. The summed E-state index contributed by atoms with van der Waals surface area (Å²) >= 11 is 17.7. The van der Waals surface area contributed by atoms with Gasteiger partial charge in [-0.3, -0.25) is 4.79 Å². The summed E-state index contributed by atoms with van der Waals surface area (Å²) in [5.74, 6) is -0.598. The minimum Gasteiger partial charge on any atom is -0.287 e. The first-order valence-corrected chi connectivity index (χ1v) is 8.34. The van der Waals surface area contributed by atoms with Crippen LogP contribution in [0.3, 0.4) is 0 Å². The average molecular weight is 383 g/mol. The van der Waals surface area contributed by atoms with Crippen LogP contribution in [0.25, 0.3) is 0 Å². The summed E-state index contributed by atoms with van der Waals surface area (Å²) in [5.41, 5.74) is -0.0863. The Morgan fingerprint density at radius 1 is 1.18 bits per heavy atom. The number of rotatable bonds is 4. The number of hydrogen-bond donors (Lipinski definition) is 0. The fraction of sp³-hybridized carbons (Fsp3) is 0.167. The molecule has 6 nitrogen and oxygen atoms in total. The van der Waals surface area contributed by atoms with Crippen molar-refractivity contribution in [2.75, 3.05) is 14.1 Å². The second-order valence-electron chi connectivity index (χ2n) is 4.45. The van der Waals surface area contributed by atoms with Gasteiger partial charge in [-0.15, -0.1) is 0 Å². The average Bonchev–Trinajstić information content (AvgIpc) is 2.87. The van der Waals surface area contributed by atoms with E-state index in [0.717, 1.165) is 20.8 Å². The van der Waals surface area contributed by atoms with Crippen LogP contribution >= 0.6 is 34.8 Å². The lowest BCUT2D eigenvalue weighted by Gasteiger charge is -2.10. The molecule has 0 spiro atoms. The van der Waals surface area contributed by atoms with Crippen LogP contribution in [-0.4, -0.2) is 41.6 Å². The smallest absolute Gasteiger partial charge is 0.287 e. The van der Waals surface area contributed by atoms with Gasteiger partial charge < -0.3 is 0 Å². The number of carbonyl (C=O) groups is 1. The lowest BCUT2D eigenvalue weighted by Crippen LogP contribution is -2.27. The normalized spacial score (nSPS) is 11.9. The van der Waals surface area contributed by atoms with Crippen LogP contribution in [0, 0.1) is 0 Å². The van der Waals surface area contributed by atoms with Crippen molar-refractivity contribution >= 4 is 50.8 Å². The van der Waals surface area contributed by atoms with Crippen molar-refractivity contribution in [2.24, 2.45) is 0 Å². The highest BCUT2D eigenvalue weighted by Gasteiger charge is 2.23. The van der Waals surface area contributed by atoms with Crippen molar-refractivity contribution in [1.82, 2.24) is 13.3 Å². The third kappa shape index (κ3) is 3.13. The number of hydrogen-bond acceptors (Lipinski definition) is 4. The third-order valence-corrected chi connectivity index (χ3v) is 5.22. The quantitative estimate of drug-likeness (QED) is 0.762. The van der Waals surface area contributed by atoms with Gasteiger partial charge in [0.25, 0.3) is 0 Å². The van der Waals surface area contributed by atoms with Crippen LogP contribution in [0.4, 0.5) is 0 Å². The number of aromatic nitrogens is 2. The number of carbonyl (C=O) groups excluding carboxylic acids is 1. The van der Waals surface area contributed by atoms with Gasteiger partial charge in [0.1, 0.15) is 12.0 Å². The van der Waals surface area contributed by atoms with Crippen molar-refractivity contribution in [1.29, 1.82) is 0 Å². The van der Waals surface area contributed by atoms with E-state index >= 15 is 0 Å². The Hall–Kier alpha value is -1.12. The Labute approximate surface area is 142 Å². The summed E-state index contributed by atoms with van der Waals surface area (Å²) < 4.78 is 25.7. The van der Waals surface area contributed by atoms with Gasteiger partial charge in [-0.25, -0.2) is 8.96 Å². The Kier molecular flexibility index (Phi) is 4.84. The molecule has 0 fully saturated rings. The van der Waals surface area contributed by atoms with Gasteiger partial charge in [-0.1, -0.05) is 34.8 Å². The summed E-state index contributed by atoms with van der Waals surface area (Å²) in [4.78, 5) is 16.2. The first-order valence-electron chi connectivity index (χ1n) is 5.81. The van der Waals surface area contributed by atoms with E-state index in [0.29, 0.717) is 0 Å². The molecule has 1 heterocycles. The topological polar surface area (TPSA) is 72.3 Å². The summed E-state index contributed by atoms with van der Waals surface area (Å²) in [6, 6.07) is 2.74. The summed E-state index contributed by atoms with van der Waals surface area (Å²) in [6.45, 7) is 0. The van der Waals surface area contributed by atoms with E-state index in [4.69, 9.17) is 34.8 Å². The monoisotopic (exact) mass is 381 g/mol. The van der Waals surface area contributed by atoms with Crippen LogP contribution in [0.2, 0.25) is 15.1 Å². The van der Waals surface area contributed by atoms with Gasteiger partial charge in [0, 0.05) is 19.1 Å². The third-order valence-electron chi connectivity index (χ3n) is 2.75. The molecule has 2 aromatic rings. The van der Waals surface area contributed by atoms with Crippen molar-refractivity contribution in [3.05, 3.63) is 51.0 Å². The molecule has 0 aliphatic heterocycles. The van der Waals surface area contributed by atoms with Gasteiger partial charge in [0.2, 0.25) is 5.78 Å². The fourth-order valence-corrected chi connectivity index (χ4v) is 3.39. The maximum Gasteiger partial charge on any atom is 0.308 e. The van der Waals surface area contributed by atoms with E-state index < -0.39 is 16.0 Å². The molecule has 1 aromatic heterocycles. The lowest BCUT2D eigenvalue weighted by molar-refractivity contribution is 0.103. The van der Waals surface area contributed by atoms with E-state index in [9.17, 15) is 13.2 Å². The molecule has 0 radical (unpaired) electrons. The predicted octanol–water partition coefficient (Wildman–Crippen LogP) is 2.73. The van der Waals surface area contributed by atoms with Gasteiger partial charge in [0.05, 0.1) is 21.8 Å². The number of nitrogens with zero attached hydrogens (tertiary/aromatic N) is 3. The van der Waals surface area contributed by atoms with E-state index in [1.807, 2.05) is 0 Å². The molecule has 0 aliphatic rings. The van der Waals surface area contributed by atoms with Crippen LogP contribution < -0.4 is 0 Å². The number of imidazole rings is 1. The molecule has 1 aromatic carbocycles. The van der Waals surface area contributed by atoms with Crippen LogP contribution in [0.15, 0.2) is 24.7 Å². The Bertz CT molecular complexity index is 823. The second-order valence-corrected chi connectivity index (χ2v) is 7.75. The van der Waals surface area contributed by atoms with Crippen LogP contribution in [-0.2, 0) is 10.2 Å². The van der Waals surface area contributed by atoms with E-state index in [1.54, 1.807) is 0 Å². The predicted molar refractivity (Wildman–Crippen MR) is 85.1 cm³/mol. The highest BCUT2D eigenvalue weighted by molar-refractivity contribution is 7.87. The number of ketones is 1. The second kappa shape index (κ2) is 6.17. The van der Waals surface area contributed by atoms with Crippen molar-refractivity contribution in [2.45, 2.75) is 0 Å². The molecule has 0 amide bonds. The largest absolute Gasteiger partial charge is 0.308 e. The lowest BCUT2D eigenvalue weighted by atomic mass is 10.1. The minimum absolute atomic E-state index is 0.0141. The number of halogens is 3. The SMILES string of the molecule is CN(C)S(=O)(=O)n1cnc(C(=O)c2c(Cl)cc(Cl)cc2Cl)c1. The van der Waals surface area contributed by atoms with E-state index in [2.05, 4.69) is 4.98 Å². The van der Waals surface area contributed by atoms with Gasteiger partial charge in [-0.2, -0.15) is 12.7 Å². The first-order chi connectivity index (χ1) is 10.1. The zero-order valence-electron chi connectivity index (χ0n) is 11.4. The highest BCUT2D eigenvalue weighted by atomic mass is 35.5. The molecule has 22 heavy (non-hydrogen) atoms. The molecule has 10 heteroatoms. The molecule has 0 unspecified atom stereocenters. The molecule has 0 bridgehead atoms. The Morgan fingerprint density at radius 3 is 2.23 bits per heavy atom. The molecule has 2 rings (SSSR count). The first kappa shape index (κ1) is 17.2. The molecular weight excluding hydrogens is 373 g/mol. The Morgan fingerprint density at radius 2 is 1.73 bits per heavy atom. The summed E-state index contributed by atoms with van der Waals surface area (Å²) in [6.07, 6.45) is 2.12. The highest BCUT2D eigenvalue weighted by Crippen LogP contribution is 2.30. The van der Waals surface area contributed by atoms with Crippen molar-refractivity contribution < 1.29 is 13.2 Å². The number of benzene rings is 1. The fourth-order valence-electron chi connectivity index (χ4n) is 1.63. The minimum atomic E-state index is -3.75. The van der Waals surface area contributed by atoms with Crippen LogP contribution in [0.1, 0.15) is 16.1 Å². The van der Waals surface area contributed by atoms with E-state index in [-0.39, 0.29) is 26.3 Å². The Balaban J connectivity index is 2.47. The molecule has 0 aliphatic carbocycles. The summed E-state index contributed by atoms with van der Waals surface area (Å²) in [7, 11) is -1.02. The van der Waals surface area contributed by atoms with Crippen LogP contribution in [0.5, 0.6) is 0 Å². The molecule has 118 valence electrons. The zero-order valence-corrected chi connectivity index (χ0v) is 14.5. The maximum absolute atomic E-state index is 12.4. The zero-order chi connectivity index (χ0) is 16.7. The molecular formula is C12H10Cl3N3O3S. The van der Waals surface area contributed by atoms with Gasteiger partial charge in [0.15, 0.2) is 0 Å². The molecule has 0 saturated heterocycles. The van der Waals surface area contributed by atoms with Crippen molar-refractivity contribution in [3.8, 4) is 0 Å². The summed E-state index contributed by atoms with van der Waals surface area (Å²) in [5, 5.41) is 0.410. The molecule has 0 atom stereocenters. The standard InChI is InChI=1S/C12H10Cl3N3O3S/c1-17(2)22(20,21)18-5-10(16-6-18)12(19)11-8(14)3-7(13)4-9(11)15/h3-6H,1-2H3. The van der Waals surface area contributed by atoms with Gasteiger partial charge >= 0.3 is 10.2 Å². The molecule has 0 saturated carbocycles. The van der Waals surface area contributed by atoms with Gasteiger partial charge in [-0.05, 0) is 12.1 Å². The van der Waals surface area contributed by atoms with E-state index in [1.165, 1.54) is 26.2 Å².